The molecule has 0 radical (unpaired) electrons. The molecule has 2 aromatic rings. The molecule has 2 rings (SSSR count). The van der Waals surface area contributed by atoms with Gasteiger partial charge in [0.15, 0.2) is 6.61 Å². The van der Waals surface area contributed by atoms with Gasteiger partial charge in [0.2, 0.25) is 0 Å². The van der Waals surface area contributed by atoms with Gasteiger partial charge in [0, 0.05) is 5.56 Å². The summed E-state index contributed by atoms with van der Waals surface area (Å²) in [5.74, 6) is -0.832. The number of ether oxygens (including phenoxy) is 2. The number of para-hydroxylation sites is 2. The first-order chi connectivity index (χ1) is 10.1. The van der Waals surface area contributed by atoms with Crippen molar-refractivity contribution >= 4 is 23.3 Å². The zero-order valence-corrected chi connectivity index (χ0v) is 11.8. The number of carbonyl (C=O) groups excluding carboxylic acids is 1. The van der Waals surface area contributed by atoms with Crippen LogP contribution in [-0.4, -0.2) is 12.6 Å². The van der Waals surface area contributed by atoms with Gasteiger partial charge in [0.05, 0.1) is 10.7 Å². The number of esters is 1. The van der Waals surface area contributed by atoms with Crippen LogP contribution in [0, 0.1) is 5.82 Å². The SMILES string of the molecule is Nc1ccccc1OCC(=O)OCc1cccc(Cl)c1F. The van der Waals surface area contributed by atoms with E-state index in [1.165, 1.54) is 12.1 Å². The second-order valence-corrected chi connectivity index (χ2v) is 4.61. The highest BCUT2D eigenvalue weighted by molar-refractivity contribution is 6.30. The molecule has 21 heavy (non-hydrogen) atoms. The van der Waals surface area contributed by atoms with Crippen LogP contribution < -0.4 is 10.5 Å². The maximum atomic E-state index is 13.6. The van der Waals surface area contributed by atoms with E-state index in [0.717, 1.165) is 0 Å². The Labute approximate surface area is 126 Å². The van der Waals surface area contributed by atoms with Gasteiger partial charge in [-0.3, -0.25) is 0 Å². The Morgan fingerprint density at radius 3 is 2.71 bits per heavy atom. The zero-order valence-electron chi connectivity index (χ0n) is 11.0. The van der Waals surface area contributed by atoms with Crippen molar-refractivity contribution in [2.24, 2.45) is 0 Å². The minimum Gasteiger partial charge on any atom is -0.480 e. The van der Waals surface area contributed by atoms with E-state index < -0.39 is 11.8 Å². The van der Waals surface area contributed by atoms with Crippen LogP contribution in [0.25, 0.3) is 0 Å². The van der Waals surface area contributed by atoms with Gasteiger partial charge in [-0.15, -0.1) is 0 Å². The molecule has 110 valence electrons. The van der Waals surface area contributed by atoms with Gasteiger partial charge < -0.3 is 15.2 Å². The first kappa shape index (κ1) is 15.1. The number of nitrogen functional groups attached to an aromatic ring is 1. The summed E-state index contributed by atoms with van der Waals surface area (Å²) in [6.07, 6.45) is 0. The fourth-order valence-electron chi connectivity index (χ4n) is 1.61. The highest BCUT2D eigenvalue weighted by Crippen LogP contribution is 2.20. The van der Waals surface area contributed by atoms with Gasteiger partial charge in [0.25, 0.3) is 0 Å². The van der Waals surface area contributed by atoms with Crippen molar-refractivity contribution in [3.05, 3.63) is 58.9 Å². The molecule has 0 saturated heterocycles. The van der Waals surface area contributed by atoms with E-state index in [2.05, 4.69) is 0 Å². The van der Waals surface area contributed by atoms with Crippen molar-refractivity contribution in [3.63, 3.8) is 0 Å². The molecule has 4 nitrogen and oxygen atoms in total. The lowest BCUT2D eigenvalue weighted by Gasteiger charge is -2.09. The van der Waals surface area contributed by atoms with Gasteiger partial charge in [-0.05, 0) is 18.2 Å². The van der Waals surface area contributed by atoms with Crippen molar-refractivity contribution in [1.82, 2.24) is 0 Å². The van der Waals surface area contributed by atoms with Crippen LogP contribution in [0.3, 0.4) is 0 Å². The molecule has 0 aromatic heterocycles. The van der Waals surface area contributed by atoms with Crippen LogP contribution in [0.4, 0.5) is 10.1 Å². The first-order valence-corrected chi connectivity index (χ1v) is 6.51. The molecule has 2 N–H and O–H groups in total. The first-order valence-electron chi connectivity index (χ1n) is 6.13. The van der Waals surface area contributed by atoms with Gasteiger partial charge in [-0.1, -0.05) is 35.9 Å². The molecule has 0 atom stereocenters. The zero-order chi connectivity index (χ0) is 15.2. The van der Waals surface area contributed by atoms with Crippen LogP contribution in [0.1, 0.15) is 5.56 Å². The molecule has 0 spiro atoms. The summed E-state index contributed by atoms with van der Waals surface area (Å²) in [7, 11) is 0. The third-order valence-electron chi connectivity index (χ3n) is 2.68. The van der Waals surface area contributed by atoms with E-state index in [1.54, 1.807) is 30.3 Å². The normalized spacial score (nSPS) is 10.2. The Kier molecular flexibility index (Phi) is 5.00. The van der Waals surface area contributed by atoms with Crippen molar-refractivity contribution in [1.29, 1.82) is 0 Å². The summed E-state index contributed by atoms with van der Waals surface area (Å²) in [6.45, 7) is -0.519. The molecule has 0 fully saturated rings. The molecule has 0 aliphatic heterocycles. The second-order valence-electron chi connectivity index (χ2n) is 4.20. The standard InChI is InChI=1S/C15H13ClFNO3/c16-11-5-3-4-10(15(11)17)8-21-14(19)9-20-13-7-2-1-6-12(13)18/h1-7H,8-9,18H2. The second kappa shape index (κ2) is 6.95. The molecular formula is C15H13ClFNO3. The number of rotatable bonds is 5. The average Bonchev–Trinajstić information content (AvgIpc) is 2.48. The average molecular weight is 310 g/mol. The lowest BCUT2D eigenvalue weighted by Crippen LogP contribution is -2.15. The number of nitrogens with two attached hydrogens (primary N) is 1. The Morgan fingerprint density at radius 1 is 1.19 bits per heavy atom. The lowest BCUT2D eigenvalue weighted by atomic mass is 10.2. The topological polar surface area (TPSA) is 61.5 Å². The smallest absolute Gasteiger partial charge is 0.344 e. The van der Waals surface area contributed by atoms with Gasteiger partial charge in [-0.2, -0.15) is 0 Å². The van der Waals surface area contributed by atoms with Crippen molar-refractivity contribution in [3.8, 4) is 5.75 Å². The molecule has 0 unspecified atom stereocenters. The fraction of sp³-hybridized carbons (Fsp3) is 0.133. The lowest BCUT2D eigenvalue weighted by molar-refractivity contribution is -0.147. The van der Waals surface area contributed by atoms with Gasteiger partial charge in [-0.25, -0.2) is 9.18 Å². The third-order valence-corrected chi connectivity index (χ3v) is 2.98. The van der Waals surface area contributed by atoms with Gasteiger partial charge >= 0.3 is 5.97 Å². The molecular weight excluding hydrogens is 297 g/mol. The van der Waals surface area contributed by atoms with Crippen molar-refractivity contribution < 1.29 is 18.7 Å². The number of carbonyl (C=O) groups is 1. The van der Waals surface area contributed by atoms with Crippen molar-refractivity contribution in [2.75, 3.05) is 12.3 Å². The van der Waals surface area contributed by atoms with E-state index in [-0.39, 0.29) is 23.8 Å². The predicted octanol–water partition coefficient (Wildman–Crippen LogP) is 3.18. The maximum Gasteiger partial charge on any atom is 0.344 e. The van der Waals surface area contributed by atoms with Crippen molar-refractivity contribution in [2.45, 2.75) is 6.61 Å². The number of halogens is 2. The molecule has 6 heteroatoms. The maximum absolute atomic E-state index is 13.6. The van der Waals surface area contributed by atoms with E-state index >= 15 is 0 Å². The van der Waals surface area contributed by atoms with E-state index in [9.17, 15) is 9.18 Å². The quantitative estimate of drug-likeness (QED) is 0.680. The van der Waals surface area contributed by atoms with Crippen LogP contribution in [0.2, 0.25) is 5.02 Å². The van der Waals surface area contributed by atoms with E-state index in [1.807, 2.05) is 0 Å². The molecule has 0 amide bonds. The molecule has 0 saturated carbocycles. The van der Waals surface area contributed by atoms with Crippen LogP contribution >= 0.6 is 11.6 Å². The Hall–Kier alpha value is -2.27. The summed E-state index contributed by atoms with van der Waals surface area (Å²) < 4.78 is 23.7. The van der Waals surface area contributed by atoms with E-state index in [4.69, 9.17) is 26.8 Å². The Balaban J connectivity index is 1.85. The summed E-state index contributed by atoms with van der Waals surface area (Å²) in [6, 6.07) is 11.3. The van der Waals surface area contributed by atoms with E-state index in [0.29, 0.717) is 11.4 Å². The van der Waals surface area contributed by atoms with Gasteiger partial charge in [0.1, 0.15) is 18.2 Å². The highest BCUT2D eigenvalue weighted by Gasteiger charge is 2.10. The monoisotopic (exact) mass is 309 g/mol. The number of benzene rings is 2. The summed E-state index contributed by atoms with van der Waals surface area (Å²) in [5, 5.41) is -0.0168. The number of hydrogen-bond donors (Lipinski definition) is 1. The predicted molar refractivity (Wildman–Crippen MR) is 77.6 cm³/mol. The molecule has 0 heterocycles. The largest absolute Gasteiger partial charge is 0.480 e. The summed E-state index contributed by atoms with van der Waals surface area (Å²) in [4.78, 5) is 11.6. The van der Waals surface area contributed by atoms with Crippen LogP contribution in [-0.2, 0) is 16.1 Å². The van der Waals surface area contributed by atoms with Crippen LogP contribution in [0.15, 0.2) is 42.5 Å². The minimum absolute atomic E-state index is 0.0168. The highest BCUT2D eigenvalue weighted by atomic mass is 35.5. The third kappa shape index (κ3) is 4.10. The molecule has 0 bridgehead atoms. The number of hydrogen-bond acceptors (Lipinski definition) is 4. The molecule has 0 aliphatic carbocycles. The summed E-state index contributed by atoms with van der Waals surface area (Å²) in [5.41, 5.74) is 6.29. The minimum atomic E-state index is -0.627. The fourth-order valence-corrected chi connectivity index (χ4v) is 1.80. The summed E-state index contributed by atoms with van der Waals surface area (Å²) >= 11 is 5.63. The molecule has 0 aliphatic rings. The number of anilines is 1. The Bertz CT molecular complexity index is 649. The van der Waals surface area contributed by atoms with Crippen LogP contribution in [0.5, 0.6) is 5.75 Å². The Morgan fingerprint density at radius 2 is 1.95 bits per heavy atom. The molecule has 2 aromatic carbocycles.